The molecule has 3 nitrogen and oxygen atoms in total. The van der Waals surface area contributed by atoms with Gasteiger partial charge in [-0.2, -0.15) is 0 Å². The maximum atomic E-state index is 12.3. The van der Waals surface area contributed by atoms with Gasteiger partial charge in [0.1, 0.15) is 6.61 Å². The number of benzene rings is 2. The number of rotatable bonds is 2. The van der Waals surface area contributed by atoms with Crippen LogP contribution in [-0.4, -0.2) is 17.6 Å². The van der Waals surface area contributed by atoms with Crippen molar-refractivity contribution in [3.8, 4) is 11.8 Å². The van der Waals surface area contributed by atoms with Gasteiger partial charge in [-0.25, -0.2) is 0 Å². The standard InChI is InChI=1S/C18H17NO2/c1-13-8-9-14(2)17(11-13)19-18(21)16-7-3-5-15(12-16)6-4-10-20/h3,5,7-9,11-12,20H,10H2,1-2H3,(H,19,21). The van der Waals surface area contributed by atoms with Crippen LogP contribution in [0.4, 0.5) is 5.69 Å². The smallest absolute Gasteiger partial charge is 0.255 e. The van der Waals surface area contributed by atoms with Gasteiger partial charge >= 0.3 is 0 Å². The van der Waals surface area contributed by atoms with Crippen molar-refractivity contribution in [1.29, 1.82) is 0 Å². The Kier molecular flexibility index (Phi) is 4.76. The highest BCUT2D eigenvalue weighted by molar-refractivity contribution is 6.04. The van der Waals surface area contributed by atoms with E-state index in [9.17, 15) is 4.79 Å². The fourth-order valence-electron chi connectivity index (χ4n) is 1.94. The lowest BCUT2D eigenvalue weighted by molar-refractivity contribution is 0.102. The van der Waals surface area contributed by atoms with Crippen LogP contribution in [0.3, 0.4) is 0 Å². The number of aliphatic hydroxyl groups is 1. The summed E-state index contributed by atoms with van der Waals surface area (Å²) in [7, 11) is 0. The van der Waals surface area contributed by atoms with Crippen LogP contribution in [0.15, 0.2) is 42.5 Å². The van der Waals surface area contributed by atoms with Crippen molar-refractivity contribution in [3.05, 3.63) is 64.7 Å². The molecule has 0 aromatic heterocycles. The molecule has 0 saturated carbocycles. The van der Waals surface area contributed by atoms with E-state index in [-0.39, 0.29) is 12.5 Å². The molecular formula is C18H17NO2. The van der Waals surface area contributed by atoms with E-state index in [4.69, 9.17) is 5.11 Å². The van der Waals surface area contributed by atoms with Crippen LogP contribution in [0.1, 0.15) is 27.0 Å². The normalized spacial score (nSPS) is 9.67. The van der Waals surface area contributed by atoms with E-state index in [1.807, 2.05) is 32.0 Å². The zero-order chi connectivity index (χ0) is 15.2. The Morgan fingerprint density at radius 2 is 2.00 bits per heavy atom. The Balaban J connectivity index is 2.22. The maximum Gasteiger partial charge on any atom is 0.255 e. The predicted molar refractivity (Wildman–Crippen MR) is 84.3 cm³/mol. The summed E-state index contributed by atoms with van der Waals surface area (Å²) < 4.78 is 0. The van der Waals surface area contributed by atoms with Gasteiger partial charge in [-0.1, -0.05) is 30.0 Å². The van der Waals surface area contributed by atoms with E-state index in [1.165, 1.54) is 0 Å². The van der Waals surface area contributed by atoms with Crippen LogP contribution in [0.5, 0.6) is 0 Å². The molecule has 0 aliphatic rings. The molecule has 2 aromatic rings. The quantitative estimate of drug-likeness (QED) is 0.830. The molecular weight excluding hydrogens is 262 g/mol. The SMILES string of the molecule is Cc1ccc(C)c(NC(=O)c2cccc(C#CCO)c2)c1. The lowest BCUT2D eigenvalue weighted by Crippen LogP contribution is -2.13. The number of hydrogen-bond acceptors (Lipinski definition) is 2. The number of carbonyl (C=O) groups excluding carboxylic acids is 1. The fourth-order valence-corrected chi connectivity index (χ4v) is 1.94. The van der Waals surface area contributed by atoms with Gasteiger partial charge in [0.15, 0.2) is 0 Å². The lowest BCUT2D eigenvalue weighted by Gasteiger charge is -2.09. The number of nitrogens with one attached hydrogen (secondary N) is 1. The Hall–Kier alpha value is -2.57. The molecule has 0 radical (unpaired) electrons. The van der Waals surface area contributed by atoms with Gasteiger partial charge in [0.05, 0.1) is 0 Å². The van der Waals surface area contributed by atoms with E-state index in [0.29, 0.717) is 11.1 Å². The zero-order valence-electron chi connectivity index (χ0n) is 12.1. The van der Waals surface area contributed by atoms with Crippen LogP contribution in [0.2, 0.25) is 0 Å². The molecule has 21 heavy (non-hydrogen) atoms. The third kappa shape index (κ3) is 3.95. The molecule has 3 heteroatoms. The van der Waals surface area contributed by atoms with E-state index >= 15 is 0 Å². The highest BCUT2D eigenvalue weighted by Gasteiger charge is 2.08. The molecule has 2 N–H and O–H groups in total. The van der Waals surface area contributed by atoms with Crippen molar-refractivity contribution in [2.24, 2.45) is 0 Å². The number of carbonyl (C=O) groups is 1. The fraction of sp³-hybridized carbons (Fsp3) is 0.167. The van der Waals surface area contributed by atoms with E-state index in [2.05, 4.69) is 17.2 Å². The average molecular weight is 279 g/mol. The topological polar surface area (TPSA) is 49.3 Å². The van der Waals surface area contributed by atoms with Crippen molar-refractivity contribution in [3.63, 3.8) is 0 Å². The minimum absolute atomic E-state index is 0.170. The summed E-state index contributed by atoms with van der Waals surface area (Å²) in [6, 6.07) is 13.0. The Morgan fingerprint density at radius 3 is 2.76 bits per heavy atom. The van der Waals surface area contributed by atoms with Crippen LogP contribution >= 0.6 is 0 Å². The molecule has 0 unspecified atom stereocenters. The molecule has 0 aliphatic heterocycles. The number of aliphatic hydroxyl groups excluding tert-OH is 1. The second-order valence-corrected chi connectivity index (χ2v) is 4.81. The molecule has 0 heterocycles. The van der Waals surface area contributed by atoms with Gasteiger partial charge in [-0.15, -0.1) is 0 Å². The molecule has 0 atom stereocenters. The molecule has 0 bridgehead atoms. The first-order chi connectivity index (χ1) is 10.1. The van der Waals surface area contributed by atoms with Crippen LogP contribution < -0.4 is 5.32 Å². The Labute approximate surface area is 124 Å². The number of amides is 1. The van der Waals surface area contributed by atoms with Crippen LogP contribution in [0, 0.1) is 25.7 Å². The first-order valence-electron chi connectivity index (χ1n) is 6.68. The minimum Gasteiger partial charge on any atom is -0.384 e. The second kappa shape index (κ2) is 6.74. The Bertz CT molecular complexity index is 723. The molecule has 2 rings (SSSR count). The van der Waals surface area contributed by atoms with Gasteiger partial charge in [0.25, 0.3) is 5.91 Å². The van der Waals surface area contributed by atoms with Crippen LogP contribution in [0.25, 0.3) is 0 Å². The predicted octanol–water partition coefficient (Wildman–Crippen LogP) is 2.90. The largest absolute Gasteiger partial charge is 0.384 e. The third-order valence-electron chi connectivity index (χ3n) is 3.08. The highest BCUT2D eigenvalue weighted by atomic mass is 16.2. The summed E-state index contributed by atoms with van der Waals surface area (Å²) in [4.78, 5) is 12.3. The molecule has 0 aliphatic carbocycles. The maximum absolute atomic E-state index is 12.3. The van der Waals surface area contributed by atoms with Gasteiger partial charge in [0.2, 0.25) is 0 Å². The molecule has 0 spiro atoms. The van der Waals surface area contributed by atoms with Gasteiger partial charge in [0, 0.05) is 16.8 Å². The molecule has 0 fully saturated rings. The summed E-state index contributed by atoms with van der Waals surface area (Å²) in [5.74, 6) is 5.19. The summed E-state index contributed by atoms with van der Waals surface area (Å²) in [5.41, 5.74) is 4.17. The average Bonchev–Trinajstić information content (AvgIpc) is 2.49. The van der Waals surface area contributed by atoms with E-state index in [0.717, 1.165) is 16.8 Å². The van der Waals surface area contributed by atoms with Gasteiger partial charge in [-0.05, 0) is 49.2 Å². The van der Waals surface area contributed by atoms with Crippen LogP contribution in [-0.2, 0) is 0 Å². The van der Waals surface area contributed by atoms with Crippen molar-refractivity contribution in [2.45, 2.75) is 13.8 Å². The number of anilines is 1. The second-order valence-electron chi connectivity index (χ2n) is 4.81. The molecule has 1 amide bonds. The Morgan fingerprint density at radius 1 is 1.19 bits per heavy atom. The number of aryl methyl sites for hydroxylation is 2. The monoisotopic (exact) mass is 279 g/mol. The summed E-state index contributed by atoms with van der Waals surface area (Å²) in [6.07, 6.45) is 0. The molecule has 0 saturated heterocycles. The highest BCUT2D eigenvalue weighted by Crippen LogP contribution is 2.17. The van der Waals surface area contributed by atoms with Crippen molar-refractivity contribution in [1.82, 2.24) is 0 Å². The first kappa shape index (κ1) is 14.8. The molecule has 106 valence electrons. The van der Waals surface area contributed by atoms with Crippen molar-refractivity contribution >= 4 is 11.6 Å². The third-order valence-corrected chi connectivity index (χ3v) is 3.08. The first-order valence-corrected chi connectivity index (χ1v) is 6.68. The molecule has 2 aromatic carbocycles. The summed E-state index contributed by atoms with van der Waals surface area (Å²) >= 11 is 0. The van der Waals surface area contributed by atoms with E-state index in [1.54, 1.807) is 24.3 Å². The number of hydrogen-bond donors (Lipinski definition) is 2. The summed E-state index contributed by atoms with van der Waals surface area (Å²) in [5, 5.41) is 11.6. The van der Waals surface area contributed by atoms with Crippen molar-refractivity contribution < 1.29 is 9.90 Å². The lowest BCUT2D eigenvalue weighted by atomic mass is 10.1. The minimum atomic E-state index is -0.196. The van der Waals surface area contributed by atoms with Crippen molar-refractivity contribution in [2.75, 3.05) is 11.9 Å². The summed E-state index contributed by atoms with van der Waals surface area (Å²) in [6.45, 7) is 3.75. The zero-order valence-corrected chi connectivity index (χ0v) is 12.1. The van der Waals surface area contributed by atoms with Gasteiger partial charge < -0.3 is 10.4 Å². The van der Waals surface area contributed by atoms with Gasteiger partial charge in [-0.3, -0.25) is 4.79 Å². The van der Waals surface area contributed by atoms with E-state index < -0.39 is 0 Å².